The van der Waals surface area contributed by atoms with E-state index in [9.17, 15) is 0 Å². The number of cyclic esters (lactones) is 1. The normalized spacial score (nSPS) is 34.1. The van der Waals surface area contributed by atoms with Crippen LogP contribution < -0.4 is 43.4 Å². The first-order valence-corrected chi connectivity index (χ1v) is 27.7. The van der Waals surface area contributed by atoms with Gasteiger partial charge in [0.2, 0.25) is 5.78 Å². The topological polar surface area (TPSA) is 210 Å². The second kappa shape index (κ2) is 21.5. The molecule has 1 aromatic carbocycles. The van der Waals surface area contributed by atoms with E-state index in [1.165, 1.54) is 43.3 Å². The Bertz CT molecular complexity index is 2570. The van der Waals surface area contributed by atoms with Crippen molar-refractivity contribution in [1.82, 2.24) is 31.9 Å². The smallest absolute Gasteiger partial charge is 0.350 e. The van der Waals surface area contributed by atoms with Crippen LogP contribution in [-0.4, -0.2) is 92.9 Å². The van der Waals surface area contributed by atoms with Crippen molar-refractivity contribution in [2.24, 2.45) is 45.5 Å². The SMILES string of the molecule is CN=C(N)NC(CC(C)=CCC12OC13C(=O)OCC1CC4C(=CC1NCC1CCCCC1)C=CCC4CCCCC(C)(CC1=CNC(N)C=C1)Cc1cccc(c1C3=O)C2=O)C1=CCNC2=C1CCC(NC)N2. The first-order chi connectivity index (χ1) is 35.3. The van der Waals surface area contributed by atoms with Crippen LogP contribution in [0.15, 0.2) is 106 Å². The largest absolute Gasteiger partial charge is 0.463 e. The van der Waals surface area contributed by atoms with Gasteiger partial charge in [-0.1, -0.05) is 99.3 Å². The summed E-state index contributed by atoms with van der Waals surface area (Å²) in [6, 6.07) is 5.37. The number of guanidine groups is 1. The van der Waals surface area contributed by atoms with E-state index < -0.39 is 23.0 Å². The minimum absolute atomic E-state index is 0.00714. The lowest BCUT2D eigenvalue weighted by molar-refractivity contribution is -0.150. The number of carbonyl (C=O) groups excluding carboxylic acids is 3. The van der Waals surface area contributed by atoms with Gasteiger partial charge in [-0.25, -0.2) is 4.79 Å². The van der Waals surface area contributed by atoms with Crippen molar-refractivity contribution in [3.8, 4) is 0 Å². The van der Waals surface area contributed by atoms with Gasteiger partial charge in [0.1, 0.15) is 5.82 Å². The van der Waals surface area contributed by atoms with E-state index in [-0.39, 0.29) is 54.6 Å². The zero-order valence-corrected chi connectivity index (χ0v) is 43.8. The van der Waals surface area contributed by atoms with Crippen molar-refractivity contribution in [2.75, 3.05) is 33.8 Å². The summed E-state index contributed by atoms with van der Waals surface area (Å²) in [4.78, 5) is 50.7. The molecule has 10 rings (SSSR count). The molecule has 2 fully saturated rings. The van der Waals surface area contributed by atoms with E-state index in [0.29, 0.717) is 54.2 Å². The highest BCUT2D eigenvalue weighted by molar-refractivity contribution is 6.33. The summed E-state index contributed by atoms with van der Waals surface area (Å²) in [6.07, 6.45) is 33.3. The number of esters is 1. The maximum atomic E-state index is 15.7. The number of nitrogens with zero attached hydrogens (tertiary/aromatic N) is 1. The summed E-state index contributed by atoms with van der Waals surface area (Å²) in [5.74, 6) is 1.19. The molecular weight excluding hydrogens is 915 g/mol. The third-order valence-electron chi connectivity index (χ3n) is 18.1. The first-order valence-electron chi connectivity index (χ1n) is 27.7. The summed E-state index contributed by atoms with van der Waals surface area (Å²) in [7, 11) is 3.62. The molecule has 10 unspecified atom stereocenters. The Labute approximate surface area is 432 Å². The fourth-order valence-electron chi connectivity index (χ4n) is 14.0. The zero-order chi connectivity index (χ0) is 50.9. The number of Topliss-reactive ketones (excluding diaryl/α,β-unsaturated/α-hetero) is 2. The summed E-state index contributed by atoms with van der Waals surface area (Å²) in [5.41, 5.74) is 15.5. The van der Waals surface area contributed by atoms with Crippen LogP contribution >= 0.6 is 0 Å². The average molecular weight is 996 g/mol. The van der Waals surface area contributed by atoms with E-state index in [1.807, 2.05) is 44.5 Å². The molecule has 10 atom stereocenters. The fourth-order valence-corrected chi connectivity index (χ4v) is 14.0. The Morgan fingerprint density at radius 3 is 2.67 bits per heavy atom. The molecule has 1 spiro atoms. The number of nitrogens with one attached hydrogen (secondary N) is 6. The quantitative estimate of drug-likeness (QED) is 0.0267. The van der Waals surface area contributed by atoms with Gasteiger partial charge >= 0.3 is 5.97 Å². The highest BCUT2D eigenvalue weighted by Gasteiger charge is 2.85. The number of ketones is 2. The molecule has 9 aliphatic rings. The molecule has 4 aliphatic carbocycles. The Morgan fingerprint density at radius 2 is 1.88 bits per heavy atom. The van der Waals surface area contributed by atoms with Crippen LogP contribution in [0.3, 0.4) is 0 Å². The Hall–Kier alpha value is -5.28. The summed E-state index contributed by atoms with van der Waals surface area (Å²) in [6.45, 7) is 6.02. The molecule has 392 valence electrons. The molecule has 0 amide bonds. The van der Waals surface area contributed by atoms with Crippen molar-refractivity contribution >= 4 is 23.5 Å². The number of dihydropyridines is 2. The Kier molecular flexibility index (Phi) is 15.1. The number of hydrogen-bond donors (Lipinski definition) is 8. The molecule has 1 aromatic rings. The van der Waals surface area contributed by atoms with Gasteiger partial charge in [-0.3, -0.25) is 14.6 Å². The van der Waals surface area contributed by atoms with Crippen molar-refractivity contribution in [2.45, 2.75) is 159 Å². The van der Waals surface area contributed by atoms with Crippen LogP contribution in [0.5, 0.6) is 0 Å². The molecule has 1 saturated heterocycles. The van der Waals surface area contributed by atoms with Gasteiger partial charge in [-0.05, 0) is 148 Å². The van der Waals surface area contributed by atoms with Gasteiger partial charge in [0.15, 0.2) is 17.3 Å². The van der Waals surface area contributed by atoms with E-state index in [4.69, 9.17) is 20.9 Å². The van der Waals surface area contributed by atoms with Gasteiger partial charge in [0, 0.05) is 49.3 Å². The standard InChI is InChI=1S/C59H81N9O5/c1-36(28-48(67-56(61)63-4)43-24-27-64-54-44(43)20-22-50(62-3)68-54)23-26-58-52(69)45-18-11-17-41-32-57(2,31-38-19-21-49(60)66-34-38)25-9-8-14-39-15-10-16-40-30-47(65-33-37-12-6-5-7-13-37)42(29-46(39)40)35-72-55(71)59(58,73-58)53(70)51(41)45/h10-11,16-19,21,23-24,30,34,37,39,42,46-50,62,64-66,68H,5-9,12-15,20,22,25-29,31-33,35,60H2,1-4H3,(H3,61,63,67). The number of benzene rings is 1. The molecule has 4 bridgehead atoms. The number of aliphatic imine (C=N–C) groups is 1. The molecule has 0 radical (unpaired) electrons. The predicted octanol–water partition coefficient (Wildman–Crippen LogP) is 6.93. The Balaban J connectivity index is 0.995. The first kappa shape index (κ1) is 51.2. The number of carbonyl (C=O) groups is 3. The van der Waals surface area contributed by atoms with Crippen molar-refractivity contribution in [3.63, 3.8) is 0 Å². The second-order valence-corrected chi connectivity index (χ2v) is 23.2. The van der Waals surface area contributed by atoms with Gasteiger partial charge < -0.3 is 52.8 Å². The zero-order valence-electron chi connectivity index (χ0n) is 43.8. The lowest BCUT2D eigenvalue weighted by atomic mass is 9.67. The maximum Gasteiger partial charge on any atom is 0.350 e. The van der Waals surface area contributed by atoms with Crippen LogP contribution in [0, 0.1) is 29.1 Å². The summed E-state index contributed by atoms with van der Waals surface area (Å²) in [5, 5.41) is 21.1. The van der Waals surface area contributed by atoms with E-state index >= 15 is 14.4 Å². The molecule has 14 nitrogen and oxygen atoms in total. The molecule has 14 heteroatoms. The number of hydrogen-bond acceptors (Lipinski definition) is 12. The third kappa shape index (κ3) is 10.3. The minimum atomic E-state index is -2.12. The highest BCUT2D eigenvalue weighted by atomic mass is 16.7. The van der Waals surface area contributed by atoms with Crippen LogP contribution in [0.2, 0.25) is 0 Å². The summed E-state index contributed by atoms with van der Waals surface area (Å²) >= 11 is 0. The predicted molar refractivity (Wildman–Crippen MR) is 287 cm³/mol. The molecule has 1 saturated carbocycles. The molecule has 0 aromatic heterocycles. The van der Waals surface area contributed by atoms with Gasteiger partial charge in [0.25, 0.3) is 5.60 Å². The Morgan fingerprint density at radius 1 is 1.04 bits per heavy atom. The summed E-state index contributed by atoms with van der Waals surface area (Å²) < 4.78 is 13.2. The number of fused-ring (bicyclic) bond motifs is 1. The van der Waals surface area contributed by atoms with E-state index in [1.54, 1.807) is 13.1 Å². The third-order valence-corrected chi connectivity index (χ3v) is 18.1. The monoisotopic (exact) mass is 996 g/mol. The van der Waals surface area contributed by atoms with Crippen LogP contribution in [-0.2, 0) is 20.7 Å². The number of nitrogens with two attached hydrogens (primary N) is 2. The average Bonchev–Trinajstić information content (AvgIpc) is 4.12. The van der Waals surface area contributed by atoms with Gasteiger partial charge in [0.05, 0.1) is 25.0 Å². The minimum Gasteiger partial charge on any atom is -0.463 e. The maximum absolute atomic E-state index is 15.7. The van der Waals surface area contributed by atoms with Gasteiger partial charge in [-0.15, -0.1) is 0 Å². The number of epoxide rings is 1. The number of rotatable bonds is 12. The molecule has 73 heavy (non-hydrogen) atoms. The van der Waals surface area contributed by atoms with Crippen molar-refractivity contribution in [1.29, 1.82) is 0 Å². The van der Waals surface area contributed by atoms with Crippen LogP contribution in [0.4, 0.5) is 0 Å². The molecule has 5 aliphatic heterocycles. The lowest BCUT2D eigenvalue weighted by Gasteiger charge is -2.41. The number of allylic oxidation sites excluding steroid dienone is 5. The molecule has 10 N–H and O–H groups in total. The van der Waals surface area contributed by atoms with E-state index in [2.05, 4.69) is 74.2 Å². The lowest BCUT2D eigenvalue weighted by Crippen LogP contribution is -2.52. The molecule has 5 heterocycles. The highest BCUT2D eigenvalue weighted by Crippen LogP contribution is 2.59. The van der Waals surface area contributed by atoms with Crippen molar-refractivity contribution < 1.29 is 23.9 Å². The van der Waals surface area contributed by atoms with Gasteiger partial charge in [-0.2, -0.15) is 0 Å². The van der Waals surface area contributed by atoms with E-state index in [0.717, 1.165) is 92.4 Å². The van der Waals surface area contributed by atoms with Crippen molar-refractivity contribution in [3.05, 3.63) is 117 Å². The molecular formula is C59H81N9O5. The fraction of sp³-hybridized carbons (Fsp3) is 0.593. The van der Waals surface area contributed by atoms with Crippen LogP contribution in [0.1, 0.15) is 143 Å². The number of ether oxygens (including phenoxy) is 2. The van der Waals surface area contributed by atoms with Crippen LogP contribution in [0.25, 0.3) is 0 Å². The second-order valence-electron chi connectivity index (χ2n) is 23.2.